The maximum absolute atomic E-state index is 11.5. The zero-order valence-electron chi connectivity index (χ0n) is 14.7. The number of aromatic carboxylic acids is 1. The smallest absolute Gasteiger partial charge is 0.337 e. The first-order chi connectivity index (χ1) is 13.2. The molecule has 0 unspecified atom stereocenters. The predicted octanol–water partition coefficient (Wildman–Crippen LogP) is 3.74. The average molecular weight is 364 g/mol. The van der Waals surface area contributed by atoms with Crippen LogP contribution in [0.5, 0.6) is 0 Å². The Bertz CT molecular complexity index is 933. The molecule has 4 rings (SSSR count). The summed E-state index contributed by atoms with van der Waals surface area (Å²) in [6.07, 6.45) is 4.72. The van der Waals surface area contributed by atoms with Crippen LogP contribution in [-0.4, -0.2) is 39.1 Å². The number of rotatable bonds is 5. The molecule has 0 bridgehead atoms. The second-order valence-electron chi connectivity index (χ2n) is 6.42. The highest BCUT2D eigenvalue weighted by molar-refractivity contribution is 5.94. The minimum atomic E-state index is -1.000. The van der Waals surface area contributed by atoms with E-state index in [1.54, 1.807) is 0 Å². The summed E-state index contributed by atoms with van der Waals surface area (Å²) in [5, 5.41) is 17.5. The van der Waals surface area contributed by atoms with E-state index in [0.29, 0.717) is 18.9 Å². The molecule has 2 aromatic heterocycles. The highest BCUT2D eigenvalue weighted by atomic mass is 16.5. The monoisotopic (exact) mass is 364 g/mol. The van der Waals surface area contributed by atoms with Crippen molar-refractivity contribution in [2.24, 2.45) is 0 Å². The SMILES string of the molecule is O=C(O)c1ccncc1Nc1cc(-c2ccccc2)nn1C1CCOCC1. The van der Waals surface area contributed by atoms with Crippen molar-refractivity contribution in [3.63, 3.8) is 0 Å². The molecule has 3 heterocycles. The fraction of sp³-hybridized carbons (Fsp3) is 0.250. The molecule has 1 aromatic carbocycles. The van der Waals surface area contributed by atoms with E-state index in [2.05, 4.69) is 10.3 Å². The molecule has 0 aliphatic carbocycles. The Balaban J connectivity index is 1.74. The molecular formula is C20H20N4O3. The quantitative estimate of drug-likeness (QED) is 0.717. The van der Waals surface area contributed by atoms with E-state index in [1.165, 1.54) is 18.5 Å². The van der Waals surface area contributed by atoms with Crippen LogP contribution in [0.25, 0.3) is 11.3 Å². The maximum atomic E-state index is 11.5. The normalized spacial score (nSPS) is 14.8. The largest absolute Gasteiger partial charge is 0.478 e. The van der Waals surface area contributed by atoms with Crippen LogP contribution >= 0.6 is 0 Å². The van der Waals surface area contributed by atoms with Crippen LogP contribution in [0.3, 0.4) is 0 Å². The zero-order chi connectivity index (χ0) is 18.6. The van der Waals surface area contributed by atoms with Gasteiger partial charge in [-0.2, -0.15) is 5.10 Å². The summed E-state index contributed by atoms with van der Waals surface area (Å²) in [5.74, 6) is -0.253. The summed E-state index contributed by atoms with van der Waals surface area (Å²) in [6, 6.07) is 13.6. The van der Waals surface area contributed by atoms with Crippen molar-refractivity contribution in [3.05, 3.63) is 60.4 Å². The van der Waals surface area contributed by atoms with Crippen molar-refractivity contribution in [1.29, 1.82) is 0 Å². The Morgan fingerprint density at radius 2 is 1.96 bits per heavy atom. The average Bonchev–Trinajstić information content (AvgIpc) is 3.13. The van der Waals surface area contributed by atoms with Gasteiger partial charge in [-0.05, 0) is 18.9 Å². The van der Waals surface area contributed by atoms with Gasteiger partial charge in [-0.25, -0.2) is 9.48 Å². The number of hydrogen-bond acceptors (Lipinski definition) is 5. The van der Waals surface area contributed by atoms with Crippen LogP contribution < -0.4 is 5.32 Å². The van der Waals surface area contributed by atoms with Gasteiger partial charge in [0, 0.05) is 31.0 Å². The van der Waals surface area contributed by atoms with E-state index < -0.39 is 5.97 Å². The summed E-state index contributed by atoms with van der Waals surface area (Å²) in [5.41, 5.74) is 2.46. The lowest BCUT2D eigenvalue weighted by Crippen LogP contribution is -2.21. The van der Waals surface area contributed by atoms with Crippen molar-refractivity contribution in [1.82, 2.24) is 14.8 Å². The molecule has 7 heteroatoms. The van der Waals surface area contributed by atoms with E-state index in [1.807, 2.05) is 41.1 Å². The van der Waals surface area contributed by atoms with Crippen LogP contribution in [0.1, 0.15) is 29.2 Å². The topological polar surface area (TPSA) is 89.3 Å². The van der Waals surface area contributed by atoms with Crippen LogP contribution in [0.2, 0.25) is 0 Å². The Morgan fingerprint density at radius 1 is 1.19 bits per heavy atom. The third-order valence-corrected chi connectivity index (χ3v) is 4.66. The van der Waals surface area contributed by atoms with Crippen molar-refractivity contribution in [2.75, 3.05) is 18.5 Å². The molecule has 27 heavy (non-hydrogen) atoms. The van der Waals surface area contributed by atoms with E-state index >= 15 is 0 Å². The number of ether oxygens (including phenoxy) is 1. The Labute approximate surface area is 156 Å². The first-order valence-electron chi connectivity index (χ1n) is 8.89. The third-order valence-electron chi connectivity index (χ3n) is 4.66. The number of carboxylic acids is 1. The number of carbonyl (C=O) groups is 1. The third kappa shape index (κ3) is 3.68. The molecule has 0 atom stereocenters. The predicted molar refractivity (Wildman–Crippen MR) is 101 cm³/mol. The molecule has 0 spiro atoms. The Hall–Kier alpha value is -3.19. The van der Waals surface area contributed by atoms with Gasteiger partial charge in [0.15, 0.2) is 0 Å². The minimum Gasteiger partial charge on any atom is -0.478 e. The van der Waals surface area contributed by atoms with Gasteiger partial charge >= 0.3 is 5.97 Å². The lowest BCUT2D eigenvalue weighted by molar-refractivity contribution is 0.0669. The van der Waals surface area contributed by atoms with E-state index in [0.717, 1.165) is 29.9 Å². The summed E-state index contributed by atoms with van der Waals surface area (Å²) in [4.78, 5) is 15.6. The Kier molecular flexibility index (Phi) is 4.84. The standard InChI is InChI=1S/C20H20N4O3/c25-20(26)16-6-9-21-13-18(16)22-19-12-17(14-4-2-1-3-5-14)23-24(19)15-7-10-27-11-8-15/h1-6,9,12-13,15,22H,7-8,10-11H2,(H,25,26). The van der Waals surface area contributed by atoms with Gasteiger partial charge in [-0.1, -0.05) is 30.3 Å². The molecule has 3 aromatic rings. The number of aromatic nitrogens is 3. The zero-order valence-corrected chi connectivity index (χ0v) is 14.7. The first kappa shape index (κ1) is 17.2. The van der Waals surface area contributed by atoms with Crippen LogP contribution in [0.4, 0.5) is 11.5 Å². The molecule has 1 aliphatic heterocycles. The molecule has 2 N–H and O–H groups in total. The van der Waals surface area contributed by atoms with Crippen LogP contribution in [-0.2, 0) is 4.74 Å². The van der Waals surface area contributed by atoms with E-state index in [4.69, 9.17) is 9.84 Å². The summed E-state index contributed by atoms with van der Waals surface area (Å²) in [7, 11) is 0. The van der Waals surface area contributed by atoms with Crippen LogP contribution in [0, 0.1) is 0 Å². The summed E-state index contributed by atoms with van der Waals surface area (Å²) >= 11 is 0. The minimum absolute atomic E-state index is 0.172. The molecule has 1 saturated heterocycles. The van der Waals surface area contributed by atoms with Gasteiger partial charge in [0.05, 0.1) is 29.2 Å². The van der Waals surface area contributed by atoms with Gasteiger partial charge in [-0.3, -0.25) is 4.98 Å². The molecule has 1 fully saturated rings. The molecule has 0 amide bonds. The number of benzene rings is 1. The molecule has 0 radical (unpaired) electrons. The number of anilines is 2. The van der Waals surface area contributed by atoms with Gasteiger partial charge in [-0.15, -0.1) is 0 Å². The van der Waals surface area contributed by atoms with E-state index in [9.17, 15) is 9.90 Å². The number of hydrogen-bond donors (Lipinski definition) is 2. The van der Waals surface area contributed by atoms with Gasteiger partial charge in [0.25, 0.3) is 0 Å². The molecule has 0 saturated carbocycles. The van der Waals surface area contributed by atoms with Crippen molar-refractivity contribution in [2.45, 2.75) is 18.9 Å². The lowest BCUT2D eigenvalue weighted by Gasteiger charge is -2.24. The van der Waals surface area contributed by atoms with Gasteiger partial charge in [0.2, 0.25) is 0 Å². The fourth-order valence-corrected chi connectivity index (χ4v) is 3.26. The molecule has 138 valence electrons. The van der Waals surface area contributed by atoms with Gasteiger partial charge < -0.3 is 15.2 Å². The van der Waals surface area contributed by atoms with Crippen molar-refractivity contribution >= 4 is 17.5 Å². The van der Waals surface area contributed by atoms with Crippen molar-refractivity contribution in [3.8, 4) is 11.3 Å². The second-order valence-corrected chi connectivity index (χ2v) is 6.42. The first-order valence-corrected chi connectivity index (χ1v) is 8.89. The highest BCUT2D eigenvalue weighted by Crippen LogP contribution is 2.31. The van der Waals surface area contributed by atoms with Gasteiger partial charge in [0.1, 0.15) is 5.82 Å². The second kappa shape index (κ2) is 7.59. The molecule has 7 nitrogen and oxygen atoms in total. The fourth-order valence-electron chi connectivity index (χ4n) is 3.26. The number of carboxylic acid groups (broad SMARTS) is 1. The number of nitrogens with one attached hydrogen (secondary N) is 1. The Morgan fingerprint density at radius 3 is 2.70 bits per heavy atom. The number of pyridine rings is 1. The van der Waals surface area contributed by atoms with Crippen LogP contribution in [0.15, 0.2) is 54.9 Å². The summed E-state index contributed by atoms with van der Waals surface area (Å²) in [6.45, 7) is 1.38. The molecule has 1 aliphatic rings. The lowest BCUT2D eigenvalue weighted by atomic mass is 10.1. The number of nitrogens with zero attached hydrogens (tertiary/aromatic N) is 3. The summed E-state index contributed by atoms with van der Waals surface area (Å²) < 4.78 is 7.42. The van der Waals surface area contributed by atoms with E-state index in [-0.39, 0.29) is 11.6 Å². The maximum Gasteiger partial charge on any atom is 0.337 e. The van der Waals surface area contributed by atoms with Crippen molar-refractivity contribution < 1.29 is 14.6 Å². The highest BCUT2D eigenvalue weighted by Gasteiger charge is 2.22. The molecular weight excluding hydrogens is 344 g/mol.